The monoisotopic (exact) mass is 330 g/mol. The number of carbonyl (C=O) groups excluding carboxylic acids is 2. The normalized spacial score (nSPS) is 18.4. The number of amides is 2. The van der Waals surface area contributed by atoms with Gasteiger partial charge in [-0.2, -0.15) is 0 Å². The number of anilines is 2. The minimum absolute atomic E-state index is 0.110. The lowest BCUT2D eigenvalue weighted by Gasteiger charge is -2.38. The molecule has 0 bridgehead atoms. The van der Waals surface area contributed by atoms with Gasteiger partial charge in [0.2, 0.25) is 11.8 Å². The molecule has 2 amide bonds. The van der Waals surface area contributed by atoms with Crippen molar-refractivity contribution in [2.75, 3.05) is 23.3 Å². The molecule has 2 aliphatic rings. The van der Waals surface area contributed by atoms with Gasteiger partial charge in [0.25, 0.3) is 0 Å². The van der Waals surface area contributed by atoms with Crippen LogP contribution in [0.3, 0.4) is 0 Å². The first-order valence-electron chi connectivity index (χ1n) is 8.92. The maximum atomic E-state index is 12.7. The summed E-state index contributed by atoms with van der Waals surface area (Å²) in [6.45, 7) is 5.94. The van der Waals surface area contributed by atoms with Crippen LogP contribution in [0.1, 0.15) is 46.0 Å². The van der Waals surface area contributed by atoms with Crippen molar-refractivity contribution in [3.05, 3.63) is 18.3 Å². The largest absolute Gasteiger partial charge is 0.357 e. The summed E-state index contributed by atoms with van der Waals surface area (Å²) >= 11 is 0. The second-order valence-corrected chi connectivity index (χ2v) is 6.71. The molecule has 0 spiro atoms. The number of nitrogens with one attached hydrogen (secondary N) is 2. The molecular weight excluding hydrogens is 304 g/mol. The third-order valence-electron chi connectivity index (χ3n) is 5.08. The number of rotatable bonds is 7. The van der Waals surface area contributed by atoms with Crippen LogP contribution in [0.5, 0.6) is 0 Å². The van der Waals surface area contributed by atoms with Crippen LogP contribution < -0.4 is 15.5 Å². The summed E-state index contributed by atoms with van der Waals surface area (Å²) < 4.78 is 0. The van der Waals surface area contributed by atoms with Crippen LogP contribution in [0.2, 0.25) is 0 Å². The maximum Gasteiger partial charge on any atom is 0.240 e. The molecule has 1 aromatic rings. The van der Waals surface area contributed by atoms with E-state index in [4.69, 9.17) is 0 Å². The van der Waals surface area contributed by atoms with Crippen molar-refractivity contribution in [2.24, 2.45) is 5.41 Å². The van der Waals surface area contributed by atoms with E-state index in [9.17, 15) is 9.59 Å². The molecule has 24 heavy (non-hydrogen) atoms. The van der Waals surface area contributed by atoms with Gasteiger partial charge in [-0.15, -0.1) is 0 Å². The summed E-state index contributed by atoms with van der Waals surface area (Å²) in [4.78, 5) is 31.7. The van der Waals surface area contributed by atoms with E-state index in [1.54, 1.807) is 6.20 Å². The smallest absolute Gasteiger partial charge is 0.240 e. The Morgan fingerprint density at radius 2 is 1.92 bits per heavy atom. The molecule has 2 saturated carbocycles. The third kappa shape index (κ3) is 3.23. The van der Waals surface area contributed by atoms with Gasteiger partial charge in [-0.3, -0.25) is 9.59 Å². The molecule has 6 nitrogen and oxygen atoms in total. The Morgan fingerprint density at radius 1 is 1.21 bits per heavy atom. The Morgan fingerprint density at radius 3 is 2.38 bits per heavy atom. The van der Waals surface area contributed by atoms with Crippen LogP contribution in [0.4, 0.5) is 11.5 Å². The van der Waals surface area contributed by atoms with Crippen molar-refractivity contribution < 1.29 is 9.59 Å². The first kappa shape index (κ1) is 16.7. The van der Waals surface area contributed by atoms with Crippen molar-refractivity contribution in [3.8, 4) is 0 Å². The fourth-order valence-corrected chi connectivity index (χ4v) is 3.08. The van der Waals surface area contributed by atoms with Crippen LogP contribution in [0.15, 0.2) is 18.3 Å². The van der Waals surface area contributed by atoms with Crippen molar-refractivity contribution >= 4 is 23.3 Å². The molecule has 6 heteroatoms. The van der Waals surface area contributed by atoms with Gasteiger partial charge < -0.3 is 15.5 Å². The van der Waals surface area contributed by atoms with E-state index in [-0.39, 0.29) is 17.9 Å². The average Bonchev–Trinajstić information content (AvgIpc) is 3.33. The highest BCUT2D eigenvalue weighted by molar-refractivity contribution is 6.11. The van der Waals surface area contributed by atoms with Gasteiger partial charge in [-0.25, -0.2) is 4.98 Å². The second kappa shape index (κ2) is 6.79. The van der Waals surface area contributed by atoms with Crippen LogP contribution in [0, 0.1) is 5.41 Å². The molecule has 2 aliphatic carbocycles. The number of pyridine rings is 1. The molecule has 0 saturated heterocycles. The zero-order chi connectivity index (χ0) is 17.2. The molecule has 130 valence electrons. The van der Waals surface area contributed by atoms with E-state index in [1.807, 2.05) is 12.1 Å². The minimum atomic E-state index is -0.889. The van der Waals surface area contributed by atoms with Crippen LogP contribution in [0.25, 0.3) is 0 Å². The Hall–Kier alpha value is -2.11. The average molecular weight is 330 g/mol. The summed E-state index contributed by atoms with van der Waals surface area (Å²) in [6, 6.07) is 4.03. The molecule has 0 radical (unpaired) electrons. The highest BCUT2D eigenvalue weighted by Crippen LogP contribution is 2.43. The highest BCUT2D eigenvalue weighted by atomic mass is 16.2. The van der Waals surface area contributed by atoms with Crippen molar-refractivity contribution in [1.82, 2.24) is 10.3 Å². The number of hydrogen-bond donors (Lipinski definition) is 2. The van der Waals surface area contributed by atoms with Gasteiger partial charge >= 0.3 is 0 Å². The van der Waals surface area contributed by atoms with Crippen LogP contribution in [-0.4, -0.2) is 35.9 Å². The molecule has 2 N–H and O–H groups in total. The molecule has 0 aliphatic heterocycles. The van der Waals surface area contributed by atoms with Gasteiger partial charge in [-0.1, -0.05) is 6.42 Å². The standard InChI is InChI=1S/C18H26N4O2/c1-3-22(4-2)15-9-8-14(12-19-15)21-17(24)18(10-5-11-18)16(23)20-13-6-7-13/h8-9,12-13H,3-7,10-11H2,1-2H3,(H,20,23)(H,21,24). The van der Waals surface area contributed by atoms with Gasteiger partial charge in [0.05, 0.1) is 11.9 Å². The molecule has 0 aromatic carbocycles. The van der Waals surface area contributed by atoms with Crippen LogP contribution >= 0.6 is 0 Å². The summed E-state index contributed by atoms with van der Waals surface area (Å²) in [7, 11) is 0. The van der Waals surface area contributed by atoms with E-state index >= 15 is 0 Å². The molecule has 1 heterocycles. The van der Waals surface area contributed by atoms with E-state index in [0.717, 1.165) is 38.2 Å². The van der Waals surface area contributed by atoms with Gasteiger partial charge in [0, 0.05) is 19.1 Å². The predicted octanol–water partition coefficient (Wildman–Crippen LogP) is 2.32. The zero-order valence-electron chi connectivity index (χ0n) is 14.5. The van der Waals surface area contributed by atoms with Gasteiger partial charge in [-0.05, 0) is 51.7 Å². The van der Waals surface area contributed by atoms with Crippen LogP contribution in [-0.2, 0) is 9.59 Å². The van der Waals surface area contributed by atoms with Gasteiger partial charge in [0.1, 0.15) is 11.2 Å². The van der Waals surface area contributed by atoms with Crippen molar-refractivity contribution in [2.45, 2.75) is 52.0 Å². The Labute approximate surface area is 143 Å². The van der Waals surface area contributed by atoms with E-state index in [1.165, 1.54) is 0 Å². The quantitative estimate of drug-likeness (QED) is 0.753. The van der Waals surface area contributed by atoms with Crippen molar-refractivity contribution in [3.63, 3.8) is 0 Å². The summed E-state index contributed by atoms with van der Waals surface area (Å²) in [5.41, 5.74) is -0.249. The number of aromatic nitrogens is 1. The van der Waals surface area contributed by atoms with E-state index < -0.39 is 5.41 Å². The number of hydrogen-bond acceptors (Lipinski definition) is 4. The predicted molar refractivity (Wildman–Crippen MR) is 93.9 cm³/mol. The first-order valence-corrected chi connectivity index (χ1v) is 8.92. The first-order chi connectivity index (χ1) is 11.6. The Kier molecular flexibility index (Phi) is 4.73. The number of carbonyl (C=O) groups is 2. The van der Waals surface area contributed by atoms with E-state index in [2.05, 4.69) is 34.4 Å². The molecule has 1 aromatic heterocycles. The highest BCUT2D eigenvalue weighted by Gasteiger charge is 2.51. The minimum Gasteiger partial charge on any atom is -0.357 e. The summed E-state index contributed by atoms with van der Waals surface area (Å²) in [6.07, 6.45) is 5.90. The van der Waals surface area contributed by atoms with Gasteiger partial charge in [0.15, 0.2) is 0 Å². The molecular formula is C18H26N4O2. The fraction of sp³-hybridized carbons (Fsp3) is 0.611. The Balaban J connectivity index is 1.65. The third-order valence-corrected chi connectivity index (χ3v) is 5.08. The number of nitrogens with zero attached hydrogens (tertiary/aromatic N) is 2. The molecule has 0 atom stereocenters. The fourth-order valence-electron chi connectivity index (χ4n) is 3.08. The second-order valence-electron chi connectivity index (χ2n) is 6.71. The molecule has 2 fully saturated rings. The lowest BCUT2D eigenvalue weighted by Crippen LogP contribution is -2.53. The lowest BCUT2D eigenvalue weighted by atomic mass is 9.67. The molecule has 0 unspecified atom stereocenters. The molecule has 3 rings (SSSR count). The Bertz CT molecular complexity index is 602. The van der Waals surface area contributed by atoms with Crippen molar-refractivity contribution in [1.29, 1.82) is 0 Å². The maximum absolute atomic E-state index is 12.7. The summed E-state index contributed by atoms with van der Waals surface area (Å²) in [5.74, 6) is 0.577. The zero-order valence-corrected chi connectivity index (χ0v) is 14.5. The SMILES string of the molecule is CCN(CC)c1ccc(NC(=O)C2(C(=O)NC3CC3)CCC2)cn1. The summed E-state index contributed by atoms with van der Waals surface area (Å²) in [5, 5.41) is 5.86. The van der Waals surface area contributed by atoms with E-state index in [0.29, 0.717) is 18.5 Å². The topological polar surface area (TPSA) is 74.3 Å². The lowest BCUT2D eigenvalue weighted by molar-refractivity contribution is -0.146.